The summed E-state index contributed by atoms with van der Waals surface area (Å²) >= 11 is 0. The van der Waals surface area contributed by atoms with Gasteiger partial charge in [-0.15, -0.1) is 0 Å². The van der Waals surface area contributed by atoms with Gasteiger partial charge in [-0.05, 0) is 44.4 Å². The number of carbonyl (C=O) groups is 2. The quantitative estimate of drug-likeness (QED) is 0.613. The molecule has 0 unspecified atom stereocenters. The fourth-order valence-corrected chi connectivity index (χ4v) is 4.27. The molecule has 0 bridgehead atoms. The first kappa shape index (κ1) is 21.6. The molecule has 0 fully saturated rings. The van der Waals surface area contributed by atoms with Crippen LogP contribution in [0.5, 0.6) is 0 Å². The first-order valence-electron chi connectivity index (χ1n) is 10.7. The lowest BCUT2D eigenvalue weighted by Crippen LogP contribution is -2.54. The van der Waals surface area contributed by atoms with Crippen molar-refractivity contribution in [3.8, 4) is 0 Å². The minimum Gasteiger partial charge on any atom is -0.444 e. The molecule has 1 aliphatic rings. The predicted octanol–water partition coefficient (Wildman–Crippen LogP) is 5.31. The molecule has 3 aromatic rings. The second-order valence-corrected chi connectivity index (χ2v) is 9.09. The number of amides is 2. The second-order valence-electron chi connectivity index (χ2n) is 9.09. The van der Waals surface area contributed by atoms with Crippen molar-refractivity contribution >= 4 is 17.7 Å². The number of nitrogens with one attached hydrogen (secondary N) is 1. The normalized spacial score (nSPS) is 17.8. The van der Waals surface area contributed by atoms with E-state index < -0.39 is 17.2 Å². The van der Waals surface area contributed by atoms with E-state index in [1.807, 2.05) is 85.8 Å². The third-order valence-corrected chi connectivity index (χ3v) is 5.56. The molecular weight excluding hydrogens is 400 g/mol. The molecule has 0 spiro atoms. The lowest BCUT2D eigenvalue weighted by atomic mass is 9.83. The Hall–Kier alpha value is -3.60. The van der Waals surface area contributed by atoms with Gasteiger partial charge in [-0.3, -0.25) is 10.1 Å². The summed E-state index contributed by atoms with van der Waals surface area (Å²) in [5.41, 5.74) is 2.17. The van der Waals surface area contributed by atoms with Crippen LogP contribution in [0.1, 0.15) is 43.0 Å². The van der Waals surface area contributed by atoms with Crippen molar-refractivity contribution < 1.29 is 14.3 Å². The number of aryl methyl sites for hydroxylation is 1. The summed E-state index contributed by atoms with van der Waals surface area (Å²) in [6.45, 7) is 7.80. The van der Waals surface area contributed by atoms with Crippen molar-refractivity contribution in [1.82, 2.24) is 5.32 Å². The number of hydrogen-bond acceptors (Lipinski definition) is 3. The average molecular weight is 429 g/mol. The Balaban J connectivity index is 1.88. The molecule has 0 aromatic heterocycles. The number of fused-ring (bicyclic) bond motifs is 1. The fourth-order valence-electron chi connectivity index (χ4n) is 4.27. The summed E-state index contributed by atoms with van der Waals surface area (Å²) in [6, 6.07) is 25.0. The third kappa shape index (κ3) is 3.86. The van der Waals surface area contributed by atoms with Gasteiger partial charge in [-0.25, -0.2) is 4.79 Å². The van der Waals surface area contributed by atoms with Crippen LogP contribution in [-0.4, -0.2) is 17.6 Å². The molecule has 5 heteroatoms. The maximum atomic E-state index is 14.2. The monoisotopic (exact) mass is 428 g/mol. The van der Waals surface area contributed by atoms with Crippen LogP contribution >= 0.6 is 0 Å². The molecule has 1 N–H and O–H groups in total. The molecule has 4 rings (SSSR count). The lowest BCUT2D eigenvalue weighted by Gasteiger charge is -2.32. The molecule has 3 aromatic carbocycles. The summed E-state index contributed by atoms with van der Waals surface area (Å²) in [5, 5.41) is 2.96. The Labute approximate surface area is 189 Å². The molecule has 0 saturated carbocycles. The van der Waals surface area contributed by atoms with Gasteiger partial charge in [0.1, 0.15) is 5.60 Å². The van der Waals surface area contributed by atoms with Gasteiger partial charge in [-0.2, -0.15) is 0 Å². The smallest absolute Gasteiger partial charge is 0.409 e. The summed E-state index contributed by atoms with van der Waals surface area (Å²) in [4.78, 5) is 29.0. The number of anilines is 1. The average Bonchev–Trinajstić information content (AvgIpc) is 2.98. The van der Waals surface area contributed by atoms with Gasteiger partial charge in [0.25, 0.3) is 5.91 Å². The van der Waals surface area contributed by atoms with Gasteiger partial charge in [0.2, 0.25) is 0 Å². The maximum Gasteiger partial charge on any atom is 0.409 e. The van der Waals surface area contributed by atoms with E-state index in [1.165, 1.54) is 0 Å². The number of alkyl carbamates (subject to hydrolysis) is 1. The molecule has 1 heterocycles. The first-order chi connectivity index (χ1) is 15.2. The van der Waals surface area contributed by atoms with Crippen molar-refractivity contribution in [1.29, 1.82) is 0 Å². The van der Waals surface area contributed by atoms with Gasteiger partial charge in [0.15, 0.2) is 5.54 Å². The van der Waals surface area contributed by atoms with Crippen LogP contribution in [-0.2, 0) is 21.6 Å². The third-order valence-electron chi connectivity index (χ3n) is 5.56. The highest BCUT2D eigenvalue weighted by Gasteiger charge is 2.54. The molecule has 32 heavy (non-hydrogen) atoms. The largest absolute Gasteiger partial charge is 0.444 e. The van der Waals surface area contributed by atoms with E-state index >= 15 is 0 Å². The van der Waals surface area contributed by atoms with E-state index in [0.717, 1.165) is 22.4 Å². The van der Waals surface area contributed by atoms with Crippen molar-refractivity contribution in [2.45, 2.75) is 45.4 Å². The predicted molar refractivity (Wildman–Crippen MR) is 125 cm³/mol. The van der Waals surface area contributed by atoms with Crippen LogP contribution in [0, 0.1) is 6.92 Å². The van der Waals surface area contributed by atoms with Gasteiger partial charge >= 0.3 is 6.09 Å². The minimum atomic E-state index is -1.38. The number of hydrogen-bond donors (Lipinski definition) is 1. The maximum absolute atomic E-state index is 14.2. The van der Waals surface area contributed by atoms with Gasteiger partial charge in [0.05, 0.1) is 12.2 Å². The Morgan fingerprint density at radius 2 is 1.56 bits per heavy atom. The van der Waals surface area contributed by atoms with Crippen LogP contribution in [0.25, 0.3) is 0 Å². The van der Waals surface area contributed by atoms with E-state index in [9.17, 15) is 9.59 Å². The number of ether oxygens (including phenoxy) is 1. The topological polar surface area (TPSA) is 58.6 Å². The second kappa shape index (κ2) is 8.15. The molecule has 0 aliphatic carbocycles. The van der Waals surface area contributed by atoms with E-state index in [4.69, 9.17) is 4.74 Å². The van der Waals surface area contributed by atoms with Crippen molar-refractivity contribution in [2.75, 3.05) is 4.90 Å². The summed E-state index contributed by atoms with van der Waals surface area (Å²) in [5.74, 6) is -0.206. The van der Waals surface area contributed by atoms with E-state index in [2.05, 4.69) is 5.32 Å². The number of benzene rings is 3. The molecule has 1 aliphatic heterocycles. The first-order valence-corrected chi connectivity index (χ1v) is 10.7. The Kier molecular flexibility index (Phi) is 5.51. The van der Waals surface area contributed by atoms with E-state index in [1.54, 1.807) is 25.7 Å². The number of rotatable bonds is 4. The van der Waals surface area contributed by atoms with Gasteiger partial charge < -0.3 is 9.64 Å². The van der Waals surface area contributed by atoms with Crippen LogP contribution in [0.4, 0.5) is 10.5 Å². The van der Waals surface area contributed by atoms with Crippen LogP contribution in [0.3, 0.4) is 0 Å². The van der Waals surface area contributed by atoms with Crippen molar-refractivity contribution in [2.24, 2.45) is 0 Å². The van der Waals surface area contributed by atoms with E-state index in [-0.39, 0.29) is 5.91 Å². The highest BCUT2D eigenvalue weighted by Crippen LogP contribution is 2.46. The zero-order valence-electron chi connectivity index (χ0n) is 18.9. The number of para-hydroxylation sites is 1. The minimum absolute atomic E-state index is 0.206. The standard InChI is InChI=1S/C27H28N2O3/c1-19-12-11-17-22-23(19)29(18-20-13-7-5-8-14-20)24(30)27(22,21-15-9-6-10-16-21)28-25(31)32-26(2,3)4/h5-17H,18H2,1-4H3,(H,28,31)/t27-/m1/s1. The number of carbonyl (C=O) groups excluding carboxylic acids is 2. The highest BCUT2D eigenvalue weighted by molar-refractivity contribution is 6.12. The zero-order valence-corrected chi connectivity index (χ0v) is 18.9. The molecule has 1 atom stereocenters. The Morgan fingerprint density at radius 1 is 0.938 bits per heavy atom. The molecule has 0 saturated heterocycles. The molecule has 164 valence electrons. The molecular formula is C27H28N2O3. The highest BCUT2D eigenvalue weighted by atomic mass is 16.6. The van der Waals surface area contributed by atoms with Gasteiger partial charge in [0, 0.05) is 5.56 Å². The van der Waals surface area contributed by atoms with Crippen molar-refractivity contribution in [3.05, 3.63) is 101 Å². The molecule has 5 nitrogen and oxygen atoms in total. The van der Waals surface area contributed by atoms with E-state index in [0.29, 0.717) is 12.1 Å². The summed E-state index contributed by atoms with van der Waals surface area (Å²) in [6.07, 6.45) is -0.635. The van der Waals surface area contributed by atoms with Gasteiger partial charge in [-0.1, -0.05) is 78.9 Å². The lowest BCUT2D eigenvalue weighted by molar-refractivity contribution is -0.123. The Morgan fingerprint density at radius 3 is 2.19 bits per heavy atom. The van der Waals surface area contributed by atoms with Crippen LogP contribution < -0.4 is 10.2 Å². The SMILES string of the molecule is Cc1cccc2c1N(Cc1ccccc1)C(=O)[C@@]2(NC(=O)OC(C)(C)C)c1ccccc1. The molecule has 0 radical (unpaired) electrons. The fraction of sp³-hybridized carbons (Fsp3) is 0.259. The van der Waals surface area contributed by atoms with Crippen LogP contribution in [0.2, 0.25) is 0 Å². The summed E-state index contributed by atoms with van der Waals surface area (Å²) in [7, 11) is 0. The zero-order chi connectivity index (χ0) is 22.9. The van der Waals surface area contributed by atoms with Crippen LogP contribution in [0.15, 0.2) is 78.9 Å². The van der Waals surface area contributed by atoms with Crippen molar-refractivity contribution in [3.63, 3.8) is 0 Å². The summed E-state index contributed by atoms with van der Waals surface area (Å²) < 4.78 is 5.57. The number of nitrogens with zero attached hydrogens (tertiary/aromatic N) is 1. The molecule has 2 amide bonds. The Bertz CT molecular complexity index is 1140.